The van der Waals surface area contributed by atoms with Gasteiger partial charge in [-0.1, -0.05) is 0 Å². The summed E-state index contributed by atoms with van der Waals surface area (Å²) >= 11 is 1.47. The smallest absolute Gasteiger partial charge is 0.354 e. The maximum absolute atomic E-state index is 11.6. The van der Waals surface area contributed by atoms with Crippen molar-refractivity contribution < 1.29 is 14.7 Å². The molecule has 0 aliphatic rings. The Morgan fingerprint density at radius 3 is 2.75 bits per heavy atom. The van der Waals surface area contributed by atoms with E-state index in [4.69, 9.17) is 5.11 Å². The molecule has 2 amide bonds. The first-order valence-corrected chi connectivity index (χ1v) is 6.58. The molecule has 0 atom stereocenters. The minimum Gasteiger partial charge on any atom is -0.477 e. The molecule has 104 valence electrons. The molecule has 3 N–H and O–H groups in total. The number of carboxylic acids is 1. The van der Waals surface area contributed by atoms with Gasteiger partial charge in [-0.3, -0.25) is 0 Å². The van der Waals surface area contributed by atoms with Gasteiger partial charge in [-0.05, 0) is 19.1 Å². The van der Waals surface area contributed by atoms with Gasteiger partial charge in [-0.2, -0.15) is 0 Å². The van der Waals surface area contributed by atoms with Gasteiger partial charge in [0, 0.05) is 11.1 Å². The van der Waals surface area contributed by atoms with Gasteiger partial charge in [0.2, 0.25) is 0 Å². The van der Waals surface area contributed by atoms with Crippen molar-refractivity contribution in [3.05, 3.63) is 40.1 Å². The lowest BCUT2D eigenvalue weighted by Crippen LogP contribution is -2.28. The van der Waals surface area contributed by atoms with Crippen LogP contribution in [0.3, 0.4) is 0 Å². The van der Waals surface area contributed by atoms with Crippen LogP contribution in [0.15, 0.2) is 23.7 Å². The number of carboxylic acid groups (broad SMARTS) is 1. The summed E-state index contributed by atoms with van der Waals surface area (Å²) in [4.78, 5) is 30.2. The zero-order valence-electron chi connectivity index (χ0n) is 10.6. The highest BCUT2D eigenvalue weighted by atomic mass is 32.1. The molecular formula is C12H12N4O3S. The van der Waals surface area contributed by atoms with E-state index in [0.717, 1.165) is 10.7 Å². The number of anilines is 1. The van der Waals surface area contributed by atoms with Gasteiger partial charge in [0.05, 0.1) is 18.4 Å². The number of hydrogen-bond acceptors (Lipinski definition) is 5. The Morgan fingerprint density at radius 2 is 2.20 bits per heavy atom. The fraction of sp³-hybridized carbons (Fsp3) is 0.167. The molecule has 0 aliphatic carbocycles. The Morgan fingerprint density at radius 1 is 1.40 bits per heavy atom. The van der Waals surface area contributed by atoms with Crippen LogP contribution >= 0.6 is 11.3 Å². The SMILES string of the molecule is Cc1csc(CNC(=O)Nc2ccc(C(=O)O)nc2)n1. The third kappa shape index (κ3) is 3.75. The summed E-state index contributed by atoms with van der Waals surface area (Å²) < 4.78 is 0. The number of rotatable bonds is 4. The van der Waals surface area contributed by atoms with E-state index in [1.165, 1.54) is 29.7 Å². The number of nitrogens with one attached hydrogen (secondary N) is 2. The highest BCUT2D eigenvalue weighted by Gasteiger charge is 2.06. The number of hydrogen-bond donors (Lipinski definition) is 3. The van der Waals surface area contributed by atoms with Crippen LogP contribution in [0.2, 0.25) is 0 Å². The summed E-state index contributed by atoms with van der Waals surface area (Å²) in [6.45, 7) is 2.22. The number of aromatic carboxylic acids is 1. The first kappa shape index (κ1) is 13.9. The van der Waals surface area contributed by atoms with Crippen molar-refractivity contribution >= 4 is 29.0 Å². The van der Waals surface area contributed by atoms with Gasteiger partial charge in [-0.25, -0.2) is 19.6 Å². The summed E-state index contributed by atoms with van der Waals surface area (Å²) in [6, 6.07) is 2.40. The van der Waals surface area contributed by atoms with Gasteiger partial charge in [-0.15, -0.1) is 11.3 Å². The molecule has 0 aliphatic heterocycles. The summed E-state index contributed by atoms with van der Waals surface area (Å²) in [6.07, 6.45) is 1.29. The zero-order chi connectivity index (χ0) is 14.5. The predicted octanol–water partition coefficient (Wildman–Crippen LogP) is 1.87. The number of urea groups is 1. The summed E-state index contributed by atoms with van der Waals surface area (Å²) in [7, 11) is 0. The molecule has 0 spiro atoms. The molecule has 2 aromatic rings. The minimum absolute atomic E-state index is 0.0748. The molecule has 2 heterocycles. The third-order valence-electron chi connectivity index (χ3n) is 2.31. The second-order valence-electron chi connectivity index (χ2n) is 3.93. The number of pyridine rings is 1. The second-order valence-corrected chi connectivity index (χ2v) is 4.87. The summed E-state index contributed by atoms with van der Waals surface area (Å²) in [5.41, 5.74) is 1.26. The van der Waals surface area contributed by atoms with Gasteiger partial charge >= 0.3 is 12.0 Å². The van der Waals surface area contributed by atoms with E-state index in [1.54, 1.807) is 0 Å². The highest BCUT2D eigenvalue weighted by Crippen LogP contribution is 2.09. The van der Waals surface area contributed by atoms with Crippen molar-refractivity contribution in [1.82, 2.24) is 15.3 Å². The first-order valence-electron chi connectivity index (χ1n) is 5.70. The van der Waals surface area contributed by atoms with Crippen LogP contribution in [-0.4, -0.2) is 27.1 Å². The van der Waals surface area contributed by atoms with Crippen LogP contribution in [0.1, 0.15) is 21.2 Å². The van der Waals surface area contributed by atoms with Gasteiger partial charge in [0.25, 0.3) is 0 Å². The maximum atomic E-state index is 11.6. The van der Waals surface area contributed by atoms with E-state index in [-0.39, 0.29) is 5.69 Å². The van der Waals surface area contributed by atoms with Crippen LogP contribution in [0, 0.1) is 6.92 Å². The molecule has 8 heteroatoms. The molecule has 0 fully saturated rings. The molecule has 0 radical (unpaired) electrons. The Bertz CT molecular complexity index is 624. The number of carbonyl (C=O) groups excluding carboxylic acids is 1. The Balaban J connectivity index is 1.86. The molecule has 0 saturated heterocycles. The average Bonchev–Trinajstić information content (AvgIpc) is 2.83. The van der Waals surface area contributed by atoms with Crippen molar-refractivity contribution in [2.45, 2.75) is 13.5 Å². The van der Waals surface area contributed by atoms with E-state index in [2.05, 4.69) is 20.6 Å². The van der Waals surface area contributed by atoms with E-state index < -0.39 is 12.0 Å². The molecule has 0 aromatic carbocycles. The molecule has 20 heavy (non-hydrogen) atoms. The molecule has 2 rings (SSSR count). The van der Waals surface area contributed by atoms with Crippen molar-refractivity contribution in [2.75, 3.05) is 5.32 Å². The lowest BCUT2D eigenvalue weighted by atomic mass is 10.3. The molecule has 0 unspecified atom stereocenters. The van der Waals surface area contributed by atoms with Crippen LogP contribution in [-0.2, 0) is 6.54 Å². The van der Waals surface area contributed by atoms with E-state index >= 15 is 0 Å². The van der Waals surface area contributed by atoms with Gasteiger partial charge in [0.15, 0.2) is 0 Å². The van der Waals surface area contributed by atoms with Crippen molar-refractivity contribution in [2.24, 2.45) is 0 Å². The average molecular weight is 292 g/mol. The predicted molar refractivity (Wildman–Crippen MR) is 73.9 cm³/mol. The number of aromatic nitrogens is 2. The quantitative estimate of drug-likeness (QED) is 0.798. The summed E-state index contributed by atoms with van der Waals surface area (Å²) in [5, 5.41) is 16.6. The van der Waals surface area contributed by atoms with Gasteiger partial charge < -0.3 is 15.7 Å². The van der Waals surface area contributed by atoms with Crippen LogP contribution in [0.25, 0.3) is 0 Å². The summed E-state index contributed by atoms with van der Waals surface area (Å²) in [5.74, 6) is -1.11. The highest BCUT2D eigenvalue weighted by molar-refractivity contribution is 7.09. The lowest BCUT2D eigenvalue weighted by molar-refractivity contribution is 0.0690. The lowest BCUT2D eigenvalue weighted by Gasteiger charge is -2.06. The maximum Gasteiger partial charge on any atom is 0.354 e. The molecule has 2 aromatic heterocycles. The molecular weight excluding hydrogens is 280 g/mol. The zero-order valence-corrected chi connectivity index (χ0v) is 11.4. The normalized spacial score (nSPS) is 10.1. The topological polar surface area (TPSA) is 104 Å². The Hall–Kier alpha value is -2.48. The fourth-order valence-corrected chi connectivity index (χ4v) is 2.12. The number of carbonyl (C=O) groups is 2. The Kier molecular flexibility index (Phi) is 4.26. The van der Waals surface area contributed by atoms with E-state index in [1.807, 2.05) is 12.3 Å². The van der Waals surface area contributed by atoms with E-state index in [9.17, 15) is 9.59 Å². The molecule has 0 saturated carbocycles. The van der Waals surface area contributed by atoms with Crippen LogP contribution in [0.5, 0.6) is 0 Å². The second kappa shape index (κ2) is 6.11. The van der Waals surface area contributed by atoms with Gasteiger partial charge in [0.1, 0.15) is 10.7 Å². The monoisotopic (exact) mass is 292 g/mol. The first-order chi connectivity index (χ1) is 9.54. The van der Waals surface area contributed by atoms with Crippen LogP contribution < -0.4 is 10.6 Å². The molecule has 0 bridgehead atoms. The largest absolute Gasteiger partial charge is 0.477 e. The van der Waals surface area contributed by atoms with E-state index in [0.29, 0.717) is 12.2 Å². The number of amides is 2. The minimum atomic E-state index is -1.11. The van der Waals surface area contributed by atoms with Crippen molar-refractivity contribution in [1.29, 1.82) is 0 Å². The fourth-order valence-electron chi connectivity index (χ4n) is 1.41. The number of thiazole rings is 1. The number of nitrogens with zero attached hydrogens (tertiary/aromatic N) is 2. The van der Waals surface area contributed by atoms with Crippen molar-refractivity contribution in [3.63, 3.8) is 0 Å². The molecule has 7 nitrogen and oxygen atoms in total. The standard InChI is InChI=1S/C12H12N4O3S/c1-7-6-20-10(15-7)5-14-12(19)16-8-2-3-9(11(17)18)13-4-8/h2-4,6H,5H2,1H3,(H,17,18)(H2,14,16,19). The van der Waals surface area contributed by atoms with Crippen LogP contribution in [0.4, 0.5) is 10.5 Å². The Labute approximate surface area is 118 Å². The number of aryl methyl sites for hydroxylation is 1. The van der Waals surface area contributed by atoms with Crippen molar-refractivity contribution in [3.8, 4) is 0 Å². The third-order valence-corrected chi connectivity index (χ3v) is 3.27.